The zero-order valence-corrected chi connectivity index (χ0v) is 12.9. The molecule has 4 heteroatoms. The molecule has 1 heterocycles. The number of anilines is 1. The van der Waals surface area contributed by atoms with E-state index in [1.165, 1.54) is 15.3 Å². The number of aryl methyl sites for hydroxylation is 2. The van der Waals surface area contributed by atoms with E-state index >= 15 is 0 Å². The maximum absolute atomic E-state index is 6.18. The van der Waals surface area contributed by atoms with Crippen molar-refractivity contribution in [1.29, 1.82) is 0 Å². The van der Waals surface area contributed by atoms with Gasteiger partial charge in [-0.3, -0.25) is 0 Å². The molecule has 1 atom stereocenters. The summed E-state index contributed by atoms with van der Waals surface area (Å²) in [7, 11) is 0. The summed E-state index contributed by atoms with van der Waals surface area (Å²) >= 11 is 14.0. The SMILES string of the molecule is Cc1cc(C(C)Nc2cccc(Cl)c2Cl)c(C)s1. The smallest absolute Gasteiger partial charge is 0.0823 e. The Labute approximate surface area is 122 Å². The van der Waals surface area contributed by atoms with E-state index < -0.39 is 0 Å². The van der Waals surface area contributed by atoms with Gasteiger partial charge in [0, 0.05) is 15.8 Å². The molecule has 0 aliphatic carbocycles. The Bertz CT molecular complexity index is 563. The highest BCUT2D eigenvalue weighted by Gasteiger charge is 2.13. The largest absolute Gasteiger partial charge is 0.377 e. The van der Waals surface area contributed by atoms with E-state index in [0.29, 0.717) is 10.0 Å². The van der Waals surface area contributed by atoms with Crippen LogP contribution in [-0.2, 0) is 0 Å². The molecule has 0 aliphatic heterocycles. The Balaban J connectivity index is 2.24. The first kappa shape index (κ1) is 13.7. The topological polar surface area (TPSA) is 12.0 Å². The Kier molecular flexibility index (Phi) is 4.21. The lowest BCUT2D eigenvalue weighted by atomic mass is 10.1. The molecule has 0 saturated carbocycles. The average Bonchev–Trinajstić information content (AvgIpc) is 2.64. The van der Waals surface area contributed by atoms with Crippen LogP contribution in [0.3, 0.4) is 0 Å². The van der Waals surface area contributed by atoms with Gasteiger partial charge in [0.15, 0.2) is 0 Å². The molecule has 2 rings (SSSR count). The summed E-state index contributed by atoms with van der Waals surface area (Å²) in [6, 6.07) is 8.07. The van der Waals surface area contributed by atoms with E-state index in [1.54, 1.807) is 6.07 Å². The first-order chi connectivity index (χ1) is 8.49. The Hall–Kier alpha value is -0.700. The molecule has 0 amide bonds. The van der Waals surface area contributed by atoms with Crippen molar-refractivity contribution in [3.05, 3.63) is 49.6 Å². The molecule has 1 aromatic carbocycles. The standard InChI is InChI=1S/C14H15Cl2NS/c1-8-7-11(10(3)18-8)9(2)17-13-6-4-5-12(15)14(13)16/h4-7,9,17H,1-3H3. The third-order valence-corrected chi connectivity index (χ3v) is 4.67. The molecular formula is C14H15Cl2NS. The van der Waals surface area contributed by atoms with Crippen LogP contribution in [0, 0.1) is 13.8 Å². The van der Waals surface area contributed by atoms with E-state index in [2.05, 4.69) is 32.2 Å². The normalized spacial score (nSPS) is 12.5. The molecule has 0 saturated heterocycles. The lowest BCUT2D eigenvalue weighted by Gasteiger charge is -2.17. The zero-order chi connectivity index (χ0) is 13.3. The molecule has 1 unspecified atom stereocenters. The predicted octanol–water partition coefficient (Wildman–Crippen LogP) is 5.84. The van der Waals surface area contributed by atoms with E-state index in [4.69, 9.17) is 23.2 Å². The quantitative estimate of drug-likeness (QED) is 0.750. The molecule has 18 heavy (non-hydrogen) atoms. The Morgan fingerprint density at radius 2 is 1.94 bits per heavy atom. The van der Waals surface area contributed by atoms with Crippen molar-refractivity contribution >= 4 is 40.2 Å². The van der Waals surface area contributed by atoms with Gasteiger partial charge in [-0.1, -0.05) is 29.3 Å². The number of nitrogens with one attached hydrogen (secondary N) is 1. The molecule has 1 nitrogen and oxygen atoms in total. The second kappa shape index (κ2) is 5.52. The van der Waals surface area contributed by atoms with Crippen molar-refractivity contribution in [2.75, 3.05) is 5.32 Å². The molecule has 0 bridgehead atoms. The highest BCUT2D eigenvalue weighted by atomic mass is 35.5. The van der Waals surface area contributed by atoms with Crippen molar-refractivity contribution in [3.8, 4) is 0 Å². The van der Waals surface area contributed by atoms with Gasteiger partial charge in [-0.2, -0.15) is 0 Å². The second-order valence-electron chi connectivity index (χ2n) is 4.34. The van der Waals surface area contributed by atoms with Gasteiger partial charge in [-0.05, 0) is 44.5 Å². The van der Waals surface area contributed by atoms with E-state index in [1.807, 2.05) is 23.5 Å². The van der Waals surface area contributed by atoms with Crippen LogP contribution in [0.4, 0.5) is 5.69 Å². The van der Waals surface area contributed by atoms with Crippen molar-refractivity contribution in [2.45, 2.75) is 26.8 Å². The fraction of sp³-hybridized carbons (Fsp3) is 0.286. The molecule has 1 aromatic heterocycles. The lowest BCUT2D eigenvalue weighted by molar-refractivity contribution is 0.882. The molecular weight excluding hydrogens is 285 g/mol. The van der Waals surface area contributed by atoms with Crippen LogP contribution < -0.4 is 5.32 Å². The first-order valence-corrected chi connectivity index (χ1v) is 7.33. The maximum Gasteiger partial charge on any atom is 0.0823 e. The Morgan fingerprint density at radius 3 is 2.56 bits per heavy atom. The van der Waals surface area contributed by atoms with Crippen LogP contribution in [0.15, 0.2) is 24.3 Å². The summed E-state index contributed by atoms with van der Waals surface area (Å²) in [5.41, 5.74) is 2.19. The summed E-state index contributed by atoms with van der Waals surface area (Å²) < 4.78 is 0. The summed E-state index contributed by atoms with van der Waals surface area (Å²) in [6.07, 6.45) is 0. The lowest BCUT2D eigenvalue weighted by Crippen LogP contribution is -2.07. The predicted molar refractivity (Wildman–Crippen MR) is 82.3 cm³/mol. The Morgan fingerprint density at radius 1 is 1.22 bits per heavy atom. The van der Waals surface area contributed by atoms with Crippen LogP contribution in [0.5, 0.6) is 0 Å². The first-order valence-electron chi connectivity index (χ1n) is 5.76. The van der Waals surface area contributed by atoms with Crippen molar-refractivity contribution in [1.82, 2.24) is 0 Å². The van der Waals surface area contributed by atoms with Gasteiger partial charge < -0.3 is 5.32 Å². The molecule has 96 valence electrons. The number of hydrogen-bond acceptors (Lipinski definition) is 2. The van der Waals surface area contributed by atoms with Gasteiger partial charge in [0.05, 0.1) is 15.7 Å². The minimum Gasteiger partial charge on any atom is -0.377 e. The summed E-state index contributed by atoms with van der Waals surface area (Å²) in [5, 5.41) is 4.57. The van der Waals surface area contributed by atoms with Gasteiger partial charge in [-0.25, -0.2) is 0 Å². The molecule has 0 fully saturated rings. The van der Waals surface area contributed by atoms with E-state index in [-0.39, 0.29) is 6.04 Å². The number of halogens is 2. The van der Waals surface area contributed by atoms with Crippen molar-refractivity contribution < 1.29 is 0 Å². The molecule has 0 aliphatic rings. The van der Waals surface area contributed by atoms with Crippen LogP contribution in [0.2, 0.25) is 10.0 Å². The van der Waals surface area contributed by atoms with Gasteiger partial charge in [0.25, 0.3) is 0 Å². The second-order valence-corrected chi connectivity index (χ2v) is 6.58. The minimum atomic E-state index is 0.214. The van der Waals surface area contributed by atoms with Crippen LogP contribution >= 0.6 is 34.5 Å². The third-order valence-electron chi connectivity index (χ3n) is 2.87. The van der Waals surface area contributed by atoms with E-state index in [0.717, 1.165) is 5.69 Å². The molecule has 0 radical (unpaired) electrons. The van der Waals surface area contributed by atoms with Crippen molar-refractivity contribution in [2.24, 2.45) is 0 Å². The highest BCUT2D eigenvalue weighted by molar-refractivity contribution is 7.12. The summed E-state index contributed by atoms with van der Waals surface area (Å²) in [5.74, 6) is 0. The maximum atomic E-state index is 6.18. The molecule has 1 N–H and O–H groups in total. The fourth-order valence-electron chi connectivity index (χ4n) is 2.01. The van der Waals surface area contributed by atoms with Crippen LogP contribution in [-0.4, -0.2) is 0 Å². The van der Waals surface area contributed by atoms with Gasteiger partial charge in [0.2, 0.25) is 0 Å². The van der Waals surface area contributed by atoms with Gasteiger partial charge in [-0.15, -0.1) is 11.3 Å². The number of rotatable bonds is 3. The average molecular weight is 300 g/mol. The molecule has 2 aromatic rings. The van der Waals surface area contributed by atoms with Crippen LogP contribution in [0.1, 0.15) is 28.3 Å². The summed E-state index contributed by atoms with van der Waals surface area (Å²) in [4.78, 5) is 2.67. The number of benzene rings is 1. The van der Waals surface area contributed by atoms with Crippen LogP contribution in [0.25, 0.3) is 0 Å². The zero-order valence-electron chi connectivity index (χ0n) is 10.6. The minimum absolute atomic E-state index is 0.214. The monoisotopic (exact) mass is 299 g/mol. The summed E-state index contributed by atoms with van der Waals surface area (Å²) in [6.45, 7) is 6.40. The highest BCUT2D eigenvalue weighted by Crippen LogP contribution is 2.34. The van der Waals surface area contributed by atoms with Gasteiger partial charge >= 0.3 is 0 Å². The third kappa shape index (κ3) is 2.82. The molecule has 0 spiro atoms. The number of thiophene rings is 1. The number of hydrogen-bond donors (Lipinski definition) is 1. The van der Waals surface area contributed by atoms with E-state index in [9.17, 15) is 0 Å². The van der Waals surface area contributed by atoms with Gasteiger partial charge in [0.1, 0.15) is 0 Å². The van der Waals surface area contributed by atoms with Crippen molar-refractivity contribution in [3.63, 3.8) is 0 Å². The fourth-order valence-corrected chi connectivity index (χ4v) is 3.38.